The fourth-order valence-corrected chi connectivity index (χ4v) is 2.42. The molecule has 1 nitrogen and oxygen atoms in total. The van der Waals surface area contributed by atoms with Crippen LogP contribution in [-0.4, -0.2) is 4.57 Å². The number of benzene rings is 2. The highest BCUT2D eigenvalue weighted by Gasteiger charge is 2.02. The van der Waals surface area contributed by atoms with Gasteiger partial charge in [0, 0.05) is 22.7 Å². The van der Waals surface area contributed by atoms with Gasteiger partial charge < -0.3 is 4.57 Å². The molecule has 0 unspecified atom stereocenters. The van der Waals surface area contributed by atoms with E-state index < -0.39 is 0 Å². The van der Waals surface area contributed by atoms with Gasteiger partial charge in [-0.3, -0.25) is 0 Å². The summed E-state index contributed by atoms with van der Waals surface area (Å²) in [5, 5.41) is 1.28. The largest absolute Gasteiger partial charge is 0.343 e. The summed E-state index contributed by atoms with van der Waals surface area (Å²) in [5.74, 6) is 0. The topological polar surface area (TPSA) is 4.93 Å². The van der Waals surface area contributed by atoms with Crippen molar-refractivity contribution in [2.24, 2.45) is 0 Å². The van der Waals surface area contributed by atoms with Crippen LogP contribution in [0.2, 0.25) is 0 Å². The summed E-state index contributed by atoms with van der Waals surface area (Å²) >= 11 is 3.52. The molecule has 1 aromatic heterocycles. The van der Waals surface area contributed by atoms with E-state index in [-0.39, 0.29) is 0 Å². The highest BCUT2D eigenvalue weighted by Crippen LogP contribution is 2.21. The first-order valence-electron chi connectivity index (χ1n) is 7.61. The van der Waals surface area contributed by atoms with Crippen LogP contribution in [0.3, 0.4) is 0 Å². The number of rotatable bonds is 2. The van der Waals surface area contributed by atoms with Crippen molar-refractivity contribution in [1.82, 2.24) is 4.57 Å². The molecule has 0 aliphatic heterocycles. The third-order valence-electron chi connectivity index (χ3n) is 2.93. The number of fused-ring (bicyclic) bond motifs is 1. The number of nitrogens with zero attached hydrogens (tertiary/aromatic N) is 1. The number of hydrogen-bond donors (Lipinski definition) is 0. The van der Waals surface area contributed by atoms with Gasteiger partial charge >= 0.3 is 0 Å². The minimum absolute atomic E-state index is 0.917. The smallest absolute Gasteiger partial charge is 0.0494 e. The molecule has 0 N–H and O–H groups in total. The maximum atomic E-state index is 3.52. The Kier molecular flexibility index (Phi) is 7.84. The van der Waals surface area contributed by atoms with Crippen LogP contribution in [0.1, 0.15) is 33.3 Å². The Morgan fingerprint density at radius 3 is 2.19 bits per heavy atom. The minimum Gasteiger partial charge on any atom is -0.343 e. The fraction of sp³-hybridized carbons (Fsp3) is 0.263. The zero-order valence-electron chi connectivity index (χ0n) is 13.3. The van der Waals surface area contributed by atoms with Gasteiger partial charge in [0.25, 0.3) is 0 Å². The molecule has 0 amide bonds. The molecule has 0 saturated carbocycles. The van der Waals surface area contributed by atoms with Crippen LogP contribution in [0.25, 0.3) is 10.9 Å². The van der Waals surface area contributed by atoms with Crippen molar-refractivity contribution >= 4 is 26.8 Å². The van der Waals surface area contributed by atoms with Crippen molar-refractivity contribution < 1.29 is 0 Å². The Balaban J connectivity index is 0.000000510. The average molecular weight is 346 g/mol. The van der Waals surface area contributed by atoms with Crippen molar-refractivity contribution in [2.45, 2.75) is 34.2 Å². The molecule has 3 aromatic rings. The second-order valence-corrected chi connectivity index (χ2v) is 5.05. The molecule has 0 radical (unpaired) electrons. The Labute approximate surface area is 136 Å². The van der Waals surface area contributed by atoms with Crippen molar-refractivity contribution in [3.63, 3.8) is 0 Å². The monoisotopic (exact) mass is 345 g/mol. The molecular weight excluding hydrogens is 322 g/mol. The zero-order chi connectivity index (χ0) is 15.7. The molecule has 112 valence electrons. The molecule has 0 aliphatic rings. The van der Waals surface area contributed by atoms with Crippen molar-refractivity contribution in [3.05, 3.63) is 70.8 Å². The van der Waals surface area contributed by atoms with Gasteiger partial charge in [0.1, 0.15) is 0 Å². The van der Waals surface area contributed by atoms with E-state index in [0.717, 1.165) is 11.0 Å². The van der Waals surface area contributed by atoms with Gasteiger partial charge in [0.15, 0.2) is 0 Å². The Hall–Kier alpha value is -1.54. The van der Waals surface area contributed by atoms with Gasteiger partial charge in [0.2, 0.25) is 0 Å². The normalized spacial score (nSPS) is 9.38. The Morgan fingerprint density at radius 1 is 0.857 bits per heavy atom. The van der Waals surface area contributed by atoms with E-state index in [0.29, 0.717) is 0 Å². The molecule has 2 heteroatoms. The molecule has 21 heavy (non-hydrogen) atoms. The van der Waals surface area contributed by atoms with Gasteiger partial charge in [-0.25, -0.2) is 0 Å². The van der Waals surface area contributed by atoms with Crippen molar-refractivity contribution in [1.29, 1.82) is 0 Å². The highest BCUT2D eigenvalue weighted by atomic mass is 79.9. The van der Waals surface area contributed by atoms with Gasteiger partial charge in [-0.05, 0) is 29.1 Å². The number of halogens is 1. The standard InChI is InChI=1S/C15H12BrN.2C2H6/c16-14-7-6-13-8-9-17(15(13)10-14)11-12-4-2-1-3-5-12;2*1-2/h1-10H,11H2;2*1-2H3. The summed E-state index contributed by atoms with van der Waals surface area (Å²) in [4.78, 5) is 0. The van der Waals surface area contributed by atoms with Crippen LogP contribution in [0.15, 0.2) is 65.3 Å². The van der Waals surface area contributed by atoms with Crippen LogP contribution in [0, 0.1) is 0 Å². The second-order valence-electron chi connectivity index (χ2n) is 4.13. The molecule has 0 bridgehead atoms. The molecular formula is C19H24BrN. The van der Waals surface area contributed by atoms with E-state index in [1.165, 1.54) is 16.5 Å². The lowest BCUT2D eigenvalue weighted by atomic mass is 10.2. The molecule has 0 fully saturated rings. The van der Waals surface area contributed by atoms with Crippen LogP contribution in [0.5, 0.6) is 0 Å². The SMILES string of the molecule is Brc1ccc2ccn(Cc3ccccc3)c2c1.CC.CC. The lowest BCUT2D eigenvalue weighted by Crippen LogP contribution is -1.97. The first-order valence-corrected chi connectivity index (χ1v) is 8.40. The van der Waals surface area contributed by atoms with E-state index in [4.69, 9.17) is 0 Å². The molecule has 0 saturated heterocycles. The molecule has 1 heterocycles. The molecule has 2 aromatic carbocycles. The summed E-state index contributed by atoms with van der Waals surface area (Å²) in [6.45, 7) is 8.92. The van der Waals surface area contributed by atoms with E-state index in [9.17, 15) is 0 Å². The van der Waals surface area contributed by atoms with Gasteiger partial charge in [0.05, 0.1) is 0 Å². The average Bonchev–Trinajstić information content (AvgIpc) is 2.94. The number of aromatic nitrogens is 1. The van der Waals surface area contributed by atoms with Crippen LogP contribution in [0.4, 0.5) is 0 Å². The maximum absolute atomic E-state index is 3.52. The lowest BCUT2D eigenvalue weighted by Gasteiger charge is -2.05. The predicted octanol–water partition coefficient (Wildman–Crippen LogP) is 6.50. The summed E-state index contributed by atoms with van der Waals surface area (Å²) in [6.07, 6.45) is 2.14. The van der Waals surface area contributed by atoms with Gasteiger partial charge in [-0.1, -0.05) is 80.0 Å². The van der Waals surface area contributed by atoms with Crippen molar-refractivity contribution in [3.8, 4) is 0 Å². The van der Waals surface area contributed by atoms with Crippen molar-refractivity contribution in [2.75, 3.05) is 0 Å². The number of hydrogen-bond acceptors (Lipinski definition) is 0. The summed E-state index contributed by atoms with van der Waals surface area (Å²) in [5.41, 5.74) is 2.59. The molecule has 0 spiro atoms. The molecule has 3 rings (SSSR count). The third-order valence-corrected chi connectivity index (χ3v) is 3.42. The van der Waals surface area contributed by atoms with Crippen LogP contribution < -0.4 is 0 Å². The first kappa shape index (κ1) is 17.5. The third kappa shape index (κ3) is 4.75. The van der Waals surface area contributed by atoms with Crippen LogP contribution >= 0.6 is 15.9 Å². The molecule has 0 atom stereocenters. The van der Waals surface area contributed by atoms with E-state index in [2.05, 4.69) is 75.2 Å². The Morgan fingerprint density at radius 2 is 1.52 bits per heavy atom. The summed E-state index contributed by atoms with van der Waals surface area (Å²) < 4.78 is 3.40. The fourth-order valence-electron chi connectivity index (χ4n) is 2.08. The summed E-state index contributed by atoms with van der Waals surface area (Å²) in [6, 6.07) is 19.1. The van der Waals surface area contributed by atoms with Gasteiger partial charge in [-0.2, -0.15) is 0 Å². The predicted molar refractivity (Wildman–Crippen MR) is 97.9 cm³/mol. The highest BCUT2D eigenvalue weighted by molar-refractivity contribution is 9.10. The quantitative estimate of drug-likeness (QED) is 0.499. The zero-order valence-corrected chi connectivity index (χ0v) is 14.9. The lowest BCUT2D eigenvalue weighted by molar-refractivity contribution is 0.837. The van der Waals surface area contributed by atoms with Crippen LogP contribution in [-0.2, 0) is 6.54 Å². The van der Waals surface area contributed by atoms with E-state index >= 15 is 0 Å². The Bertz CT molecular complexity index is 641. The molecule has 0 aliphatic carbocycles. The van der Waals surface area contributed by atoms with E-state index in [1.807, 2.05) is 33.8 Å². The second kappa shape index (κ2) is 9.41. The first-order chi connectivity index (χ1) is 10.3. The minimum atomic E-state index is 0.917. The van der Waals surface area contributed by atoms with Gasteiger partial charge in [-0.15, -0.1) is 0 Å². The maximum Gasteiger partial charge on any atom is 0.0494 e. The summed E-state index contributed by atoms with van der Waals surface area (Å²) in [7, 11) is 0. The van der Waals surface area contributed by atoms with E-state index in [1.54, 1.807) is 0 Å².